The average molecular weight is 305 g/mol. The molecule has 0 saturated heterocycles. The number of carbonyl (C=O) groups excluding carboxylic acids is 1. The van der Waals surface area contributed by atoms with Crippen LogP contribution in [-0.4, -0.2) is 23.9 Å². The first-order chi connectivity index (χ1) is 7.61. The Hall–Kier alpha value is -0.390. The van der Waals surface area contributed by atoms with Gasteiger partial charge in [0.15, 0.2) is 0 Å². The number of hydrogen-bond donors (Lipinski definition) is 1. The molecule has 3 nitrogen and oxygen atoms in total. The highest BCUT2D eigenvalue weighted by Gasteiger charge is 2.09. The molecular weight excluding hydrogens is 288 g/mol. The van der Waals surface area contributed by atoms with Gasteiger partial charge in [0.2, 0.25) is 5.91 Å². The molecule has 0 aliphatic rings. The molecule has 0 fully saturated rings. The molecule has 5 heteroatoms. The maximum absolute atomic E-state index is 10.9. The van der Waals surface area contributed by atoms with E-state index in [-0.39, 0.29) is 5.91 Å². The standard InChI is InChI=1S/C11H17BrN2OS/c1-2-3-6-14(8-11(13)15)7-9-4-5-10(12)16-9/h4-5H,2-3,6-8H2,1H3,(H2,13,15). The number of nitrogens with two attached hydrogens (primary N) is 1. The van der Waals surface area contributed by atoms with E-state index in [9.17, 15) is 4.79 Å². The lowest BCUT2D eigenvalue weighted by atomic mass is 10.3. The summed E-state index contributed by atoms with van der Waals surface area (Å²) in [5, 5.41) is 0. The lowest BCUT2D eigenvalue weighted by Gasteiger charge is -2.19. The van der Waals surface area contributed by atoms with Gasteiger partial charge in [0.05, 0.1) is 10.3 Å². The van der Waals surface area contributed by atoms with Crippen LogP contribution in [0.2, 0.25) is 0 Å². The largest absolute Gasteiger partial charge is 0.369 e. The molecule has 0 spiro atoms. The van der Waals surface area contributed by atoms with Gasteiger partial charge in [-0.15, -0.1) is 11.3 Å². The molecule has 1 heterocycles. The van der Waals surface area contributed by atoms with Gasteiger partial charge >= 0.3 is 0 Å². The van der Waals surface area contributed by atoms with Crippen LogP contribution in [0.1, 0.15) is 24.6 Å². The van der Waals surface area contributed by atoms with Gasteiger partial charge in [0.1, 0.15) is 0 Å². The van der Waals surface area contributed by atoms with Crippen molar-refractivity contribution in [1.29, 1.82) is 0 Å². The molecule has 0 bridgehead atoms. The van der Waals surface area contributed by atoms with Crippen LogP contribution in [-0.2, 0) is 11.3 Å². The van der Waals surface area contributed by atoms with E-state index in [4.69, 9.17) is 5.73 Å². The maximum atomic E-state index is 10.9. The molecule has 90 valence electrons. The van der Waals surface area contributed by atoms with Crippen molar-refractivity contribution >= 4 is 33.2 Å². The van der Waals surface area contributed by atoms with Crippen molar-refractivity contribution in [3.63, 3.8) is 0 Å². The Morgan fingerprint density at radius 3 is 2.81 bits per heavy atom. The Morgan fingerprint density at radius 2 is 2.31 bits per heavy atom. The predicted molar refractivity (Wildman–Crippen MR) is 71.4 cm³/mol. The molecule has 1 aromatic heterocycles. The fraction of sp³-hybridized carbons (Fsp3) is 0.545. The van der Waals surface area contributed by atoms with Crippen molar-refractivity contribution in [3.05, 3.63) is 20.8 Å². The highest BCUT2D eigenvalue weighted by atomic mass is 79.9. The monoisotopic (exact) mass is 304 g/mol. The second kappa shape index (κ2) is 7.04. The van der Waals surface area contributed by atoms with E-state index < -0.39 is 0 Å². The van der Waals surface area contributed by atoms with Crippen LogP contribution < -0.4 is 5.73 Å². The van der Waals surface area contributed by atoms with Gasteiger partial charge in [-0.3, -0.25) is 9.69 Å². The van der Waals surface area contributed by atoms with Gasteiger partial charge in [0, 0.05) is 11.4 Å². The van der Waals surface area contributed by atoms with E-state index in [2.05, 4.69) is 33.8 Å². The molecule has 0 saturated carbocycles. The highest BCUT2D eigenvalue weighted by Crippen LogP contribution is 2.23. The molecule has 1 rings (SSSR count). The topological polar surface area (TPSA) is 46.3 Å². The summed E-state index contributed by atoms with van der Waals surface area (Å²) in [4.78, 5) is 14.3. The molecule has 0 aliphatic heterocycles. The first-order valence-electron chi connectivity index (χ1n) is 5.36. The van der Waals surface area contributed by atoms with Gasteiger partial charge in [-0.25, -0.2) is 0 Å². The summed E-state index contributed by atoms with van der Waals surface area (Å²) in [5.74, 6) is -0.258. The van der Waals surface area contributed by atoms with E-state index >= 15 is 0 Å². The van der Waals surface area contributed by atoms with E-state index in [0.29, 0.717) is 6.54 Å². The Labute approximate surface area is 109 Å². The summed E-state index contributed by atoms with van der Waals surface area (Å²) >= 11 is 5.13. The first-order valence-corrected chi connectivity index (χ1v) is 6.97. The number of amides is 1. The van der Waals surface area contributed by atoms with Crippen LogP contribution >= 0.6 is 27.3 Å². The lowest BCUT2D eigenvalue weighted by molar-refractivity contribution is -0.119. The SMILES string of the molecule is CCCCN(CC(N)=O)Cc1ccc(Br)s1. The second-order valence-corrected chi connectivity index (χ2v) is 6.28. The molecule has 1 amide bonds. The lowest BCUT2D eigenvalue weighted by Crippen LogP contribution is -2.33. The number of nitrogens with zero attached hydrogens (tertiary/aromatic N) is 1. The summed E-state index contributed by atoms with van der Waals surface area (Å²) < 4.78 is 1.12. The average Bonchev–Trinajstić information content (AvgIpc) is 2.59. The summed E-state index contributed by atoms with van der Waals surface area (Å²) in [6.07, 6.45) is 2.23. The van der Waals surface area contributed by atoms with Gasteiger partial charge < -0.3 is 5.73 Å². The number of halogens is 1. The summed E-state index contributed by atoms with van der Waals surface area (Å²) in [5.41, 5.74) is 5.24. The Balaban J connectivity index is 2.51. The number of thiophene rings is 1. The Bertz CT molecular complexity index is 340. The van der Waals surface area contributed by atoms with E-state index in [1.807, 2.05) is 6.07 Å². The van der Waals surface area contributed by atoms with E-state index in [0.717, 1.165) is 29.7 Å². The number of unbranched alkanes of at least 4 members (excludes halogenated alkanes) is 1. The second-order valence-electron chi connectivity index (χ2n) is 3.74. The van der Waals surface area contributed by atoms with Crippen molar-refractivity contribution in [2.24, 2.45) is 5.73 Å². The minimum absolute atomic E-state index is 0.258. The minimum Gasteiger partial charge on any atom is -0.369 e. The van der Waals surface area contributed by atoms with Crippen molar-refractivity contribution < 1.29 is 4.79 Å². The minimum atomic E-state index is -0.258. The van der Waals surface area contributed by atoms with E-state index in [1.165, 1.54) is 4.88 Å². The molecular formula is C11H17BrN2OS. The smallest absolute Gasteiger partial charge is 0.231 e. The normalized spacial score (nSPS) is 10.9. The molecule has 0 unspecified atom stereocenters. The molecule has 16 heavy (non-hydrogen) atoms. The van der Waals surface area contributed by atoms with Gasteiger partial charge in [0.25, 0.3) is 0 Å². The molecule has 1 aromatic rings. The van der Waals surface area contributed by atoms with Crippen molar-refractivity contribution in [2.75, 3.05) is 13.1 Å². The third kappa shape index (κ3) is 5.09. The van der Waals surface area contributed by atoms with Gasteiger partial charge in [-0.1, -0.05) is 13.3 Å². The zero-order chi connectivity index (χ0) is 12.0. The third-order valence-electron chi connectivity index (χ3n) is 2.22. The van der Waals surface area contributed by atoms with Crippen molar-refractivity contribution in [2.45, 2.75) is 26.3 Å². The summed E-state index contributed by atoms with van der Waals surface area (Å²) in [6.45, 7) is 4.22. The Kier molecular flexibility index (Phi) is 6.01. The van der Waals surface area contributed by atoms with Crippen molar-refractivity contribution in [1.82, 2.24) is 4.90 Å². The number of primary amides is 1. The fourth-order valence-corrected chi connectivity index (χ4v) is 3.00. The Morgan fingerprint density at radius 1 is 1.56 bits per heavy atom. The third-order valence-corrected chi connectivity index (χ3v) is 3.82. The molecule has 2 N–H and O–H groups in total. The van der Waals surface area contributed by atoms with Crippen LogP contribution in [0.4, 0.5) is 0 Å². The molecule has 0 radical (unpaired) electrons. The summed E-state index contributed by atoms with van der Waals surface area (Å²) in [7, 11) is 0. The zero-order valence-corrected chi connectivity index (χ0v) is 11.8. The predicted octanol–water partition coefficient (Wildman–Crippen LogP) is 2.60. The quantitative estimate of drug-likeness (QED) is 0.841. The van der Waals surface area contributed by atoms with Crippen molar-refractivity contribution in [3.8, 4) is 0 Å². The van der Waals surface area contributed by atoms with Crippen LogP contribution in [0.25, 0.3) is 0 Å². The van der Waals surface area contributed by atoms with Crippen LogP contribution in [0, 0.1) is 0 Å². The number of carbonyl (C=O) groups is 1. The number of hydrogen-bond acceptors (Lipinski definition) is 3. The van der Waals surface area contributed by atoms with Crippen LogP contribution in [0.15, 0.2) is 15.9 Å². The summed E-state index contributed by atoms with van der Waals surface area (Å²) in [6, 6.07) is 4.11. The molecule has 0 aromatic carbocycles. The maximum Gasteiger partial charge on any atom is 0.231 e. The van der Waals surface area contributed by atoms with Gasteiger partial charge in [-0.2, -0.15) is 0 Å². The van der Waals surface area contributed by atoms with Crippen LogP contribution in [0.5, 0.6) is 0 Å². The molecule has 0 atom stereocenters. The molecule has 0 aliphatic carbocycles. The number of rotatable bonds is 7. The van der Waals surface area contributed by atoms with Crippen LogP contribution in [0.3, 0.4) is 0 Å². The highest BCUT2D eigenvalue weighted by molar-refractivity contribution is 9.11. The zero-order valence-electron chi connectivity index (χ0n) is 9.41. The van der Waals surface area contributed by atoms with E-state index in [1.54, 1.807) is 11.3 Å². The first kappa shape index (κ1) is 13.7. The fourth-order valence-electron chi connectivity index (χ4n) is 1.47. The van der Waals surface area contributed by atoms with Gasteiger partial charge in [-0.05, 0) is 41.0 Å².